The van der Waals surface area contributed by atoms with Crippen LogP contribution >= 0.6 is 0 Å². The van der Waals surface area contributed by atoms with Crippen molar-refractivity contribution in [1.29, 1.82) is 0 Å². The van der Waals surface area contributed by atoms with Crippen LogP contribution in [0.1, 0.15) is 18.3 Å². The highest BCUT2D eigenvalue weighted by Gasteiger charge is 2.12. The molecule has 3 rings (SSSR count). The fourth-order valence-electron chi connectivity index (χ4n) is 2.55. The van der Waals surface area contributed by atoms with Crippen molar-refractivity contribution in [2.75, 3.05) is 6.61 Å². The molecular formula is C18H18F2N4O3. The Morgan fingerprint density at radius 3 is 2.78 bits per heavy atom. The molecular weight excluding hydrogens is 358 g/mol. The van der Waals surface area contributed by atoms with Gasteiger partial charge in [0.25, 0.3) is 0 Å². The number of halogens is 2. The molecule has 0 aliphatic carbocycles. The molecule has 7 nitrogen and oxygen atoms in total. The topological polar surface area (TPSA) is 82.3 Å². The first-order chi connectivity index (χ1) is 13.1. The van der Waals surface area contributed by atoms with Crippen molar-refractivity contribution in [1.82, 2.24) is 19.7 Å². The van der Waals surface area contributed by atoms with Crippen molar-refractivity contribution in [3.63, 3.8) is 0 Å². The van der Waals surface area contributed by atoms with E-state index in [1.54, 1.807) is 23.0 Å². The van der Waals surface area contributed by atoms with Crippen LogP contribution in [-0.2, 0) is 13.2 Å². The number of pyridine rings is 1. The molecule has 0 bridgehead atoms. The standard InChI is InChI=1S/C18H18F2N4O3/c1-2-26-17-15(13-4-3-5-14(7-13)27-18(19)20)6-12(8-21-17)9-24-11-22-16(10-25)23-24/h3-8,11,18,25H,2,9-10H2,1H3. The van der Waals surface area contributed by atoms with Gasteiger partial charge in [0.2, 0.25) is 5.88 Å². The van der Waals surface area contributed by atoms with Crippen molar-refractivity contribution in [2.24, 2.45) is 0 Å². The number of alkyl halides is 2. The van der Waals surface area contributed by atoms with Gasteiger partial charge in [0.1, 0.15) is 18.7 Å². The van der Waals surface area contributed by atoms with E-state index in [0.29, 0.717) is 36.0 Å². The molecule has 1 aromatic carbocycles. The molecule has 1 N–H and O–H groups in total. The second kappa shape index (κ2) is 8.54. The van der Waals surface area contributed by atoms with Gasteiger partial charge in [-0.25, -0.2) is 14.6 Å². The highest BCUT2D eigenvalue weighted by atomic mass is 19.3. The normalized spacial score (nSPS) is 11.0. The fraction of sp³-hybridized carbons (Fsp3) is 0.278. The summed E-state index contributed by atoms with van der Waals surface area (Å²) in [5.41, 5.74) is 2.10. The van der Waals surface area contributed by atoms with Crippen molar-refractivity contribution in [3.8, 4) is 22.8 Å². The van der Waals surface area contributed by atoms with Crippen LogP contribution in [0.15, 0.2) is 42.9 Å². The van der Waals surface area contributed by atoms with E-state index >= 15 is 0 Å². The zero-order chi connectivity index (χ0) is 19.2. The molecule has 0 aliphatic rings. The number of rotatable bonds is 8. The van der Waals surface area contributed by atoms with E-state index in [4.69, 9.17) is 9.84 Å². The summed E-state index contributed by atoms with van der Waals surface area (Å²) >= 11 is 0. The van der Waals surface area contributed by atoms with Crippen molar-refractivity contribution in [2.45, 2.75) is 26.7 Å². The fourth-order valence-corrected chi connectivity index (χ4v) is 2.55. The first-order valence-electron chi connectivity index (χ1n) is 8.25. The summed E-state index contributed by atoms with van der Waals surface area (Å²) < 4.78 is 36.6. The van der Waals surface area contributed by atoms with E-state index in [1.165, 1.54) is 18.5 Å². The molecule has 142 valence electrons. The third kappa shape index (κ3) is 4.76. The van der Waals surface area contributed by atoms with Crippen molar-refractivity contribution in [3.05, 3.63) is 54.2 Å². The van der Waals surface area contributed by atoms with Crippen LogP contribution in [0.5, 0.6) is 11.6 Å². The summed E-state index contributed by atoms with van der Waals surface area (Å²) in [6.45, 7) is -0.510. The van der Waals surface area contributed by atoms with E-state index < -0.39 is 6.61 Å². The Kier molecular flexibility index (Phi) is 5.92. The molecule has 0 unspecified atom stereocenters. The van der Waals surface area contributed by atoms with Crippen LogP contribution in [0.4, 0.5) is 8.78 Å². The molecule has 0 amide bonds. The van der Waals surface area contributed by atoms with Gasteiger partial charge in [0.15, 0.2) is 5.82 Å². The minimum absolute atomic E-state index is 0.0548. The monoisotopic (exact) mass is 376 g/mol. The highest BCUT2D eigenvalue weighted by molar-refractivity contribution is 5.70. The third-order valence-electron chi connectivity index (χ3n) is 3.63. The molecule has 3 aromatic rings. The molecule has 0 atom stereocenters. The molecule has 27 heavy (non-hydrogen) atoms. The van der Waals surface area contributed by atoms with Gasteiger partial charge in [-0.05, 0) is 36.2 Å². The quantitative estimate of drug-likeness (QED) is 0.651. The van der Waals surface area contributed by atoms with Crippen LogP contribution in [0, 0.1) is 0 Å². The lowest BCUT2D eigenvalue weighted by Gasteiger charge is -2.12. The number of nitrogens with zero attached hydrogens (tertiary/aromatic N) is 4. The van der Waals surface area contributed by atoms with E-state index in [-0.39, 0.29) is 12.4 Å². The second-order valence-corrected chi connectivity index (χ2v) is 5.55. The summed E-state index contributed by atoms with van der Waals surface area (Å²) in [5.74, 6) is 0.773. The summed E-state index contributed by atoms with van der Waals surface area (Å²) in [7, 11) is 0. The Labute approximate surface area is 154 Å². The first kappa shape index (κ1) is 18.7. The van der Waals surface area contributed by atoms with E-state index in [2.05, 4.69) is 19.8 Å². The molecule has 0 radical (unpaired) electrons. The van der Waals surface area contributed by atoms with Crippen LogP contribution in [-0.4, -0.2) is 38.1 Å². The lowest BCUT2D eigenvalue weighted by molar-refractivity contribution is -0.0498. The van der Waals surface area contributed by atoms with Crippen LogP contribution in [0.3, 0.4) is 0 Å². The predicted molar refractivity (Wildman–Crippen MR) is 92.5 cm³/mol. The minimum atomic E-state index is -2.90. The van der Waals surface area contributed by atoms with E-state index in [1.807, 2.05) is 13.0 Å². The Hall–Kier alpha value is -3.07. The van der Waals surface area contributed by atoms with Gasteiger partial charge in [0, 0.05) is 11.8 Å². The maximum absolute atomic E-state index is 12.5. The maximum Gasteiger partial charge on any atom is 0.387 e. The smallest absolute Gasteiger partial charge is 0.387 e. The predicted octanol–water partition coefficient (Wildman–Crippen LogP) is 2.88. The average molecular weight is 376 g/mol. The summed E-state index contributed by atoms with van der Waals surface area (Å²) in [5, 5.41) is 13.2. The van der Waals surface area contributed by atoms with Gasteiger partial charge < -0.3 is 14.6 Å². The van der Waals surface area contributed by atoms with Crippen LogP contribution < -0.4 is 9.47 Å². The van der Waals surface area contributed by atoms with Gasteiger partial charge in [0.05, 0.1) is 13.2 Å². The zero-order valence-corrected chi connectivity index (χ0v) is 14.5. The molecule has 0 saturated carbocycles. The zero-order valence-electron chi connectivity index (χ0n) is 14.5. The lowest BCUT2D eigenvalue weighted by Crippen LogP contribution is -2.04. The highest BCUT2D eigenvalue weighted by Crippen LogP contribution is 2.32. The van der Waals surface area contributed by atoms with E-state index in [0.717, 1.165) is 5.56 Å². The number of benzene rings is 1. The third-order valence-corrected chi connectivity index (χ3v) is 3.63. The molecule has 0 saturated heterocycles. The molecule has 9 heteroatoms. The van der Waals surface area contributed by atoms with Crippen molar-refractivity contribution < 1.29 is 23.4 Å². The number of hydrogen-bond donors (Lipinski definition) is 1. The SMILES string of the molecule is CCOc1ncc(Cn2cnc(CO)n2)cc1-c1cccc(OC(F)F)c1. The van der Waals surface area contributed by atoms with Crippen molar-refractivity contribution >= 4 is 0 Å². The summed E-state index contributed by atoms with van der Waals surface area (Å²) in [6, 6.07) is 8.20. The number of ether oxygens (including phenoxy) is 2. The Morgan fingerprint density at radius 1 is 1.22 bits per heavy atom. The van der Waals surface area contributed by atoms with E-state index in [9.17, 15) is 8.78 Å². The molecule has 2 heterocycles. The number of hydrogen-bond acceptors (Lipinski definition) is 6. The lowest BCUT2D eigenvalue weighted by atomic mass is 10.0. The van der Waals surface area contributed by atoms with Gasteiger partial charge >= 0.3 is 6.61 Å². The van der Waals surface area contributed by atoms with Gasteiger partial charge in [-0.3, -0.25) is 0 Å². The second-order valence-electron chi connectivity index (χ2n) is 5.55. The maximum atomic E-state index is 12.5. The molecule has 0 aliphatic heterocycles. The Bertz CT molecular complexity index is 902. The molecule has 0 fully saturated rings. The molecule has 0 spiro atoms. The number of aromatic nitrogens is 4. The largest absolute Gasteiger partial charge is 0.478 e. The Balaban J connectivity index is 1.94. The number of aliphatic hydroxyl groups excluding tert-OH is 1. The number of aliphatic hydroxyl groups is 1. The van der Waals surface area contributed by atoms with Crippen LogP contribution in [0.25, 0.3) is 11.1 Å². The van der Waals surface area contributed by atoms with Gasteiger partial charge in [-0.1, -0.05) is 12.1 Å². The van der Waals surface area contributed by atoms with Gasteiger partial charge in [-0.2, -0.15) is 13.9 Å². The summed E-state index contributed by atoms with van der Waals surface area (Å²) in [4.78, 5) is 8.30. The summed E-state index contributed by atoms with van der Waals surface area (Å²) in [6.07, 6.45) is 3.16. The Morgan fingerprint density at radius 2 is 2.07 bits per heavy atom. The first-order valence-corrected chi connectivity index (χ1v) is 8.25. The average Bonchev–Trinajstić information content (AvgIpc) is 3.10. The van der Waals surface area contributed by atoms with Gasteiger partial charge in [-0.15, -0.1) is 0 Å². The molecule has 2 aromatic heterocycles. The van der Waals surface area contributed by atoms with Crippen LogP contribution in [0.2, 0.25) is 0 Å². The minimum Gasteiger partial charge on any atom is -0.478 e.